The summed E-state index contributed by atoms with van der Waals surface area (Å²) < 4.78 is 50.2. The van der Waals surface area contributed by atoms with E-state index in [2.05, 4.69) is 20.1 Å². The molecule has 0 spiro atoms. The maximum atomic E-state index is 14.3. The summed E-state index contributed by atoms with van der Waals surface area (Å²) in [5.41, 5.74) is 2.34. The first kappa shape index (κ1) is 20.9. The quantitative estimate of drug-likeness (QED) is 0.423. The predicted molar refractivity (Wildman–Crippen MR) is 114 cm³/mol. The van der Waals surface area contributed by atoms with E-state index in [1.54, 1.807) is 30.3 Å². The molecule has 1 aliphatic rings. The topological polar surface area (TPSA) is 70.7 Å². The van der Waals surface area contributed by atoms with E-state index in [9.17, 15) is 13.2 Å². The summed E-state index contributed by atoms with van der Waals surface area (Å²) >= 11 is 0. The Hall–Kier alpha value is -3.95. The Bertz CT molecular complexity index is 1380. The van der Waals surface area contributed by atoms with E-state index in [4.69, 9.17) is 4.74 Å². The van der Waals surface area contributed by atoms with Crippen molar-refractivity contribution >= 4 is 12.2 Å². The van der Waals surface area contributed by atoms with Crippen LogP contribution in [0.25, 0.3) is 17.8 Å². The van der Waals surface area contributed by atoms with Crippen LogP contribution in [0.15, 0.2) is 36.8 Å². The monoisotopic (exact) mass is 452 g/mol. The van der Waals surface area contributed by atoms with Crippen molar-refractivity contribution in [3.63, 3.8) is 0 Å². The van der Waals surface area contributed by atoms with Gasteiger partial charge in [-0.05, 0) is 43.7 Å². The molecule has 4 heterocycles. The van der Waals surface area contributed by atoms with E-state index < -0.39 is 23.4 Å². The lowest BCUT2D eigenvalue weighted by molar-refractivity contribution is 0.395. The maximum Gasteiger partial charge on any atom is 0.238 e. The average molecular weight is 452 g/mol. The van der Waals surface area contributed by atoms with Crippen LogP contribution < -0.4 is 4.74 Å². The molecule has 0 radical (unpaired) electrons. The summed E-state index contributed by atoms with van der Waals surface area (Å²) in [5.74, 6) is -2.23. The molecular weight excluding hydrogens is 433 g/mol. The number of pyridine rings is 1. The van der Waals surface area contributed by atoms with Gasteiger partial charge in [0.15, 0.2) is 17.5 Å². The van der Waals surface area contributed by atoms with Gasteiger partial charge >= 0.3 is 0 Å². The zero-order valence-corrected chi connectivity index (χ0v) is 17.8. The molecule has 1 unspecified atom stereocenters. The van der Waals surface area contributed by atoms with Gasteiger partial charge in [0.25, 0.3) is 0 Å². The Balaban J connectivity index is 1.40. The fraction of sp³-hybridized carbons (Fsp3) is 0.217. The molecule has 1 atom stereocenters. The lowest BCUT2D eigenvalue weighted by Crippen LogP contribution is -2.04. The molecule has 0 bridgehead atoms. The van der Waals surface area contributed by atoms with E-state index in [0.717, 1.165) is 17.4 Å². The van der Waals surface area contributed by atoms with Crippen molar-refractivity contribution in [2.45, 2.75) is 25.8 Å². The van der Waals surface area contributed by atoms with Gasteiger partial charge in [0.2, 0.25) is 5.88 Å². The van der Waals surface area contributed by atoms with Gasteiger partial charge in [-0.15, -0.1) is 0 Å². The van der Waals surface area contributed by atoms with Crippen LogP contribution in [0.4, 0.5) is 13.2 Å². The van der Waals surface area contributed by atoms with Gasteiger partial charge in [0.05, 0.1) is 24.8 Å². The van der Waals surface area contributed by atoms with Crippen molar-refractivity contribution in [3.8, 4) is 11.6 Å². The third-order valence-electron chi connectivity index (χ3n) is 5.52. The van der Waals surface area contributed by atoms with Gasteiger partial charge in [-0.2, -0.15) is 5.10 Å². The van der Waals surface area contributed by atoms with Gasteiger partial charge in [-0.25, -0.2) is 32.8 Å². The molecule has 0 saturated carbocycles. The number of ether oxygens (including phenoxy) is 1. The second-order valence-electron chi connectivity index (χ2n) is 7.70. The number of methoxy groups -OCH3 is 1. The van der Waals surface area contributed by atoms with Crippen LogP contribution in [-0.2, 0) is 6.54 Å². The van der Waals surface area contributed by atoms with Gasteiger partial charge in [-0.3, -0.25) is 0 Å². The second-order valence-corrected chi connectivity index (χ2v) is 7.70. The third kappa shape index (κ3) is 3.88. The first-order valence-corrected chi connectivity index (χ1v) is 10.3. The number of imidazole rings is 1. The van der Waals surface area contributed by atoms with E-state index >= 15 is 0 Å². The Morgan fingerprint density at radius 2 is 1.88 bits per heavy atom. The smallest absolute Gasteiger partial charge is 0.238 e. The van der Waals surface area contributed by atoms with Crippen LogP contribution in [0.5, 0.6) is 5.88 Å². The molecule has 1 aromatic carbocycles. The third-order valence-corrected chi connectivity index (χ3v) is 5.52. The number of hydrogen-bond acceptors (Lipinski definition) is 5. The second kappa shape index (κ2) is 8.19. The predicted octanol–water partition coefficient (Wildman–Crippen LogP) is 4.30. The Morgan fingerprint density at radius 1 is 1.06 bits per heavy atom. The lowest BCUT2D eigenvalue weighted by atomic mass is 9.96. The minimum atomic E-state index is -1.21. The number of aromatic nitrogens is 6. The highest BCUT2D eigenvalue weighted by atomic mass is 19.2. The number of aryl methyl sites for hydroxylation is 2. The molecule has 0 fully saturated rings. The number of nitrogens with zero attached hydrogens (tertiary/aromatic N) is 6. The minimum absolute atomic E-state index is 0.0762. The molecule has 5 rings (SSSR count). The molecule has 33 heavy (non-hydrogen) atoms. The van der Waals surface area contributed by atoms with Crippen molar-refractivity contribution in [1.82, 2.24) is 29.3 Å². The Kier molecular flexibility index (Phi) is 5.20. The van der Waals surface area contributed by atoms with Crippen LogP contribution in [0.1, 0.15) is 40.9 Å². The van der Waals surface area contributed by atoms with Crippen molar-refractivity contribution in [1.29, 1.82) is 0 Å². The number of halogens is 3. The summed E-state index contributed by atoms with van der Waals surface area (Å²) in [6.07, 6.45) is 7.50. The number of hydrogen-bond donors (Lipinski definition) is 0. The van der Waals surface area contributed by atoms with Gasteiger partial charge in [0, 0.05) is 30.3 Å². The zero-order valence-electron chi connectivity index (χ0n) is 17.8. The average Bonchev–Trinajstić information content (AvgIpc) is 3.50. The Morgan fingerprint density at radius 3 is 2.64 bits per heavy atom. The summed E-state index contributed by atoms with van der Waals surface area (Å²) in [7, 11) is 1.54. The van der Waals surface area contributed by atoms with Crippen LogP contribution >= 0.6 is 0 Å². The zero-order chi connectivity index (χ0) is 23.1. The highest BCUT2D eigenvalue weighted by molar-refractivity contribution is 5.65. The molecule has 3 aromatic heterocycles. The Labute approximate surface area is 187 Å². The normalized spacial score (nSPS) is 15.4. The van der Waals surface area contributed by atoms with E-state index in [-0.39, 0.29) is 5.56 Å². The van der Waals surface area contributed by atoms with E-state index in [1.165, 1.54) is 0 Å². The van der Waals surface area contributed by atoms with Gasteiger partial charge < -0.3 is 9.30 Å². The van der Waals surface area contributed by atoms with Crippen LogP contribution in [0, 0.1) is 24.4 Å². The molecule has 10 heteroatoms. The molecule has 0 aliphatic carbocycles. The standard InChI is InChI=1S/C23H19F3N6O/c1-13-11-31(12-27-13)20-5-3-14(28-23(20)33-2)4-6-21-29-22-15(7-8-32(22)30-21)16-9-18(25)19(26)10-17(16)24/h3-6,9-12,15H,7-8H2,1-2H3/b6-4+. The molecule has 1 aliphatic heterocycles. The molecule has 168 valence electrons. The largest absolute Gasteiger partial charge is 0.479 e. The first-order valence-electron chi connectivity index (χ1n) is 10.3. The van der Waals surface area contributed by atoms with Crippen molar-refractivity contribution in [3.05, 3.63) is 82.8 Å². The van der Waals surface area contributed by atoms with E-state index in [1.807, 2.05) is 29.8 Å². The summed E-state index contributed by atoms with van der Waals surface area (Å²) in [6, 6.07) is 5.16. The fourth-order valence-electron chi connectivity index (χ4n) is 3.95. The van der Waals surface area contributed by atoms with Crippen molar-refractivity contribution in [2.75, 3.05) is 7.11 Å². The molecule has 4 aromatic rings. The molecule has 0 saturated heterocycles. The maximum absolute atomic E-state index is 14.3. The number of rotatable bonds is 5. The minimum Gasteiger partial charge on any atom is -0.479 e. The summed E-state index contributed by atoms with van der Waals surface area (Å²) in [4.78, 5) is 13.2. The van der Waals surface area contributed by atoms with Crippen molar-refractivity contribution in [2.24, 2.45) is 0 Å². The SMILES string of the molecule is COc1nc(/C=C/c2nc3n(n2)CCC3c2cc(F)c(F)cc2F)ccc1-n1cnc(C)c1. The molecular formula is C23H19F3N6O. The first-order chi connectivity index (χ1) is 15.9. The summed E-state index contributed by atoms with van der Waals surface area (Å²) in [6.45, 7) is 2.40. The highest BCUT2D eigenvalue weighted by Gasteiger charge is 2.30. The molecule has 0 N–H and O–H groups in total. The molecule has 7 nitrogen and oxygen atoms in total. The van der Waals surface area contributed by atoms with Crippen LogP contribution in [0.2, 0.25) is 0 Å². The number of fused-ring (bicyclic) bond motifs is 1. The summed E-state index contributed by atoms with van der Waals surface area (Å²) in [5, 5.41) is 4.42. The van der Waals surface area contributed by atoms with Crippen LogP contribution in [0.3, 0.4) is 0 Å². The van der Waals surface area contributed by atoms with Gasteiger partial charge in [-0.1, -0.05) is 0 Å². The van der Waals surface area contributed by atoms with Crippen LogP contribution in [-0.4, -0.2) is 36.4 Å². The fourth-order valence-corrected chi connectivity index (χ4v) is 3.95. The number of benzene rings is 1. The van der Waals surface area contributed by atoms with E-state index in [0.29, 0.717) is 42.3 Å². The highest BCUT2D eigenvalue weighted by Crippen LogP contribution is 2.35. The van der Waals surface area contributed by atoms with Crippen molar-refractivity contribution < 1.29 is 17.9 Å². The molecule has 0 amide bonds. The lowest BCUT2D eigenvalue weighted by Gasteiger charge is -2.10. The van der Waals surface area contributed by atoms with Gasteiger partial charge in [0.1, 0.15) is 17.3 Å².